The van der Waals surface area contributed by atoms with Crippen LogP contribution >= 0.6 is 0 Å². The number of likely N-dealkylation sites (N-methyl/N-ethyl adjacent to an activating group) is 1. The Kier molecular flexibility index (Phi) is 5.92. The van der Waals surface area contributed by atoms with Crippen molar-refractivity contribution in [3.05, 3.63) is 29.3 Å². The molecule has 4 heterocycles. The van der Waals surface area contributed by atoms with Gasteiger partial charge in [-0.3, -0.25) is 29.4 Å². The van der Waals surface area contributed by atoms with Gasteiger partial charge in [0, 0.05) is 52.2 Å². The maximum Gasteiger partial charge on any atom is 0.264 e. The highest BCUT2D eigenvalue weighted by molar-refractivity contribution is 6.25. The average molecular weight is 454 g/mol. The molecular weight excluding hydrogens is 422 g/mol. The molecule has 1 atom stereocenters. The molecule has 9 nitrogen and oxygen atoms in total. The number of nitrogens with one attached hydrogen (secondary N) is 1. The van der Waals surface area contributed by atoms with Crippen molar-refractivity contribution < 1.29 is 19.2 Å². The molecule has 176 valence electrons. The Hall–Kier alpha value is -2.78. The number of nitrogens with zero attached hydrogens (tertiary/aromatic N) is 4. The summed E-state index contributed by atoms with van der Waals surface area (Å²) >= 11 is 0. The molecule has 1 aromatic rings. The van der Waals surface area contributed by atoms with Crippen LogP contribution in [0.15, 0.2) is 18.2 Å². The molecule has 5 rings (SSSR count). The number of carbonyl (C=O) groups excluding carboxylic acids is 4. The van der Waals surface area contributed by atoms with Gasteiger partial charge >= 0.3 is 0 Å². The number of benzene rings is 1. The van der Waals surface area contributed by atoms with Crippen molar-refractivity contribution >= 4 is 29.3 Å². The fourth-order valence-electron chi connectivity index (χ4n) is 5.51. The van der Waals surface area contributed by atoms with Gasteiger partial charge in [0.2, 0.25) is 11.8 Å². The predicted octanol–water partition coefficient (Wildman–Crippen LogP) is 0.552. The van der Waals surface area contributed by atoms with E-state index >= 15 is 0 Å². The minimum atomic E-state index is -0.933. The van der Waals surface area contributed by atoms with E-state index in [1.54, 1.807) is 6.07 Å². The predicted molar refractivity (Wildman–Crippen MR) is 122 cm³/mol. The molecule has 1 aromatic carbocycles. The smallest absolute Gasteiger partial charge is 0.264 e. The summed E-state index contributed by atoms with van der Waals surface area (Å²) in [6.07, 6.45) is 2.39. The lowest BCUT2D eigenvalue weighted by molar-refractivity contribution is -0.136. The Labute approximate surface area is 193 Å². The summed E-state index contributed by atoms with van der Waals surface area (Å²) in [6.45, 7) is 7.29. The maximum absolute atomic E-state index is 13.4. The van der Waals surface area contributed by atoms with Gasteiger partial charge in [-0.05, 0) is 44.4 Å². The van der Waals surface area contributed by atoms with Crippen LogP contribution in [0.2, 0.25) is 0 Å². The van der Waals surface area contributed by atoms with Gasteiger partial charge in [-0.2, -0.15) is 0 Å². The van der Waals surface area contributed by atoms with E-state index in [1.165, 1.54) is 0 Å². The van der Waals surface area contributed by atoms with E-state index in [0.717, 1.165) is 69.2 Å². The van der Waals surface area contributed by atoms with Crippen molar-refractivity contribution in [2.45, 2.75) is 31.7 Å². The second kappa shape index (κ2) is 8.87. The minimum Gasteiger partial charge on any atom is -0.371 e. The van der Waals surface area contributed by atoms with Gasteiger partial charge in [-0.1, -0.05) is 6.07 Å². The van der Waals surface area contributed by atoms with Gasteiger partial charge in [0.25, 0.3) is 11.8 Å². The number of piperidine rings is 2. The third kappa shape index (κ3) is 4.15. The average Bonchev–Trinajstić information content (AvgIpc) is 3.06. The number of imide groups is 2. The third-order valence-corrected chi connectivity index (χ3v) is 7.51. The fraction of sp³-hybridized carbons (Fsp3) is 0.583. The van der Waals surface area contributed by atoms with Gasteiger partial charge in [-0.25, -0.2) is 0 Å². The molecule has 33 heavy (non-hydrogen) atoms. The third-order valence-electron chi connectivity index (χ3n) is 7.51. The van der Waals surface area contributed by atoms with Crippen LogP contribution in [-0.4, -0.2) is 97.2 Å². The molecule has 1 unspecified atom stereocenters. The molecule has 0 bridgehead atoms. The molecule has 0 saturated carbocycles. The summed E-state index contributed by atoms with van der Waals surface area (Å²) in [6, 6.07) is 4.44. The zero-order valence-electron chi connectivity index (χ0n) is 19.1. The monoisotopic (exact) mass is 453 g/mol. The van der Waals surface area contributed by atoms with Crippen LogP contribution in [-0.2, 0) is 9.59 Å². The van der Waals surface area contributed by atoms with Crippen molar-refractivity contribution in [1.82, 2.24) is 20.0 Å². The van der Waals surface area contributed by atoms with Crippen LogP contribution in [0.25, 0.3) is 0 Å². The highest BCUT2D eigenvalue weighted by atomic mass is 16.2. The van der Waals surface area contributed by atoms with Crippen LogP contribution in [0.5, 0.6) is 0 Å². The van der Waals surface area contributed by atoms with Gasteiger partial charge in [0.15, 0.2) is 0 Å². The number of fused-ring (bicyclic) bond motifs is 1. The SMILES string of the molecule is CN1CCN(CC2CCN(c3cccc4c3C(=O)N(C3CCC(=O)NC3=O)C4=O)CC2)CC1. The summed E-state index contributed by atoms with van der Waals surface area (Å²) in [4.78, 5) is 58.5. The van der Waals surface area contributed by atoms with Gasteiger partial charge in [0.05, 0.1) is 16.8 Å². The number of hydrogen-bond donors (Lipinski definition) is 1. The highest BCUT2D eigenvalue weighted by Gasteiger charge is 2.46. The summed E-state index contributed by atoms with van der Waals surface area (Å²) in [7, 11) is 2.17. The maximum atomic E-state index is 13.4. The summed E-state index contributed by atoms with van der Waals surface area (Å²) < 4.78 is 0. The zero-order chi connectivity index (χ0) is 23.1. The Morgan fingerprint density at radius 2 is 1.64 bits per heavy atom. The molecule has 4 amide bonds. The number of rotatable bonds is 4. The first-order chi connectivity index (χ1) is 15.9. The van der Waals surface area contributed by atoms with Crippen LogP contribution in [0.4, 0.5) is 5.69 Å². The summed E-state index contributed by atoms with van der Waals surface area (Å²) in [5, 5.41) is 2.25. The van der Waals surface area contributed by atoms with Crippen LogP contribution < -0.4 is 10.2 Å². The molecular formula is C24H31N5O4. The fourth-order valence-corrected chi connectivity index (χ4v) is 5.51. The van der Waals surface area contributed by atoms with E-state index < -0.39 is 23.8 Å². The highest BCUT2D eigenvalue weighted by Crippen LogP contribution is 2.35. The van der Waals surface area contributed by atoms with Gasteiger partial charge in [-0.15, -0.1) is 0 Å². The number of carbonyl (C=O) groups is 4. The Morgan fingerprint density at radius 3 is 2.33 bits per heavy atom. The lowest BCUT2D eigenvalue weighted by Gasteiger charge is -2.39. The van der Waals surface area contributed by atoms with Crippen LogP contribution in [0.1, 0.15) is 46.4 Å². The Morgan fingerprint density at radius 1 is 0.909 bits per heavy atom. The van der Waals surface area contributed by atoms with E-state index in [1.807, 2.05) is 12.1 Å². The molecule has 0 spiro atoms. The molecule has 0 aromatic heterocycles. The molecule has 0 radical (unpaired) electrons. The van der Waals surface area contributed by atoms with E-state index in [4.69, 9.17) is 0 Å². The Balaban J connectivity index is 1.28. The van der Waals surface area contributed by atoms with Crippen LogP contribution in [0, 0.1) is 5.92 Å². The minimum absolute atomic E-state index is 0.123. The number of piperazine rings is 1. The molecule has 4 aliphatic rings. The van der Waals surface area contributed by atoms with Crippen molar-refractivity contribution in [1.29, 1.82) is 0 Å². The van der Waals surface area contributed by atoms with Crippen LogP contribution in [0.3, 0.4) is 0 Å². The van der Waals surface area contributed by atoms with Gasteiger partial charge in [0.1, 0.15) is 6.04 Å². The summed E-state index contributed by atoms with van der Waals surface area (Å²) in [5.74, 6) is -1.19. The normalized spacial score (nSPS) is 25.5. The van der Waals surface area contributed by atoms with Crippen molar-refractivity contribution in [2.24, 2.45) is 5.92 Å². The molecule has 3 saturated heterocycles. The number of hydrogen-bond acceptors (Lipinski definition) is 7. The van der Waals surface area contributed by atoms with Crippen molar-refractivity contribution in [2.75, 3.05) is 57.8 Å². The number of anilines is 1. The second-order valence-electron chi connectivity index (χ2n) is 9.68. The van der Waals surface area contributed by atoms with E-state index in [9.17, 15) is 19.2 Å². The number of amides is 4. The summed E-state index contributed by atoms with van der Waals surface area (Å²) in [5.41, 5.74) is 1.52. The van der Waals surface area contributed by atoms with E-state index in [0.29, 0.717) is 17.0 Å². The molecule has 0 aliphatic carbocycles. The lowest BCUT2D eigenvalue weighted by atomic mass is 9.94. The second-order valence-corrected chi connectivity index (χ2v) is 9.68. The molecule has 4 aliphatic heterocycles. The first-order valence-electron chi connectivity index (χ1n) is 11.9. The van der Waals surface area contributed by atoms with Crippen molar-refractivity contribution in [3.63, 3.8) is 0 Å². The lowest BCUT2D eigenvalue weighted by Crippen LogP contribution is -2.54. The zero-order valence-corrected chi connectivity index (χ0v) is 19.1. The Bertz CT molecular complexity index is 979. The molecule has 1 N–H and O–H groups in total. The first kappa shape index (κ1) is 22.0. The molecule has 9 heteroatoms. The van der Waals surface area contributed by atoms with Crippen molar-refractivity contribution in [3.8, 4) is 0 Å². The van der Waals surface area contributed by atoms with Gasteiger partial charge < -0.3 is 14.7 Å². The quantitative estimate of drug-likeness (QED) is 0.666. The first-order valence-corrected chi connectivity index (χ1v) is 11.9. The topological polar surface area (TPSA) is 93.3 Å². The molecule has 3 fully saturated rings. The van der Waals surface area contributed by atoms with E-state index in [-0.39, 0.29) is 18.7 Å². The standard InChI is InChI=1S/C24H31N5O4/c1-26-11-13-27(14-12-26)15-16-7-9-28(10-8-16)18-4-2-3-17-21(18)24(33)29(23(17)32)19-5-6-20(30)25-22(19)31/h2-4,16,19H,5-15H2,1H3,(H,25,30,31). The largest absolute Gasteiger partial charge is 0.371 e. The van der Waals surface area contributed by atoms with E-state index in [2.05, 4.69) is 27.1 Å².